The van der Waals surface area contributed by atoms with Crippen molar-refractivity contribution in [2.24, 2.45) is 7.05 Å². The molecule has 0 aliphatic carbocycles. The van der Waals surface area contributed by atoms with Gasteiger partial charge in [-0.1, -0.05) is 37.6 Å². The average molecular weight is 336 g/mol. The molecule has 0 unspecified atom stereocenters. The second-order valence-electron chi connectivity index (χ2n) is 8.61. The fourth-order valence-electron chi connectivity index (χ4n) is 3.69. The van der Waals surface area contributed by atoms with Crippen LogP contribution >= 0.6 is 0 Å². The third-order valence-corrected chi connectivity index (χ3v) is 5.10. The highest BCUT2D eigenvalue weighted by Crippen LogP contribution is 2.30. The molecule has 2 aromatic carbocycles. The molecule has 0 radical (unpaired) electrons. The van der Waals surface area contributed by atoms with E-state index in [4.69, 9.17) is 0 Å². The minimum absolute atomic E-state index is 0.00434. The predicted molar refractivity (Wildman–Crippen MR) is 107 cm³/mol. The van der Waals surface area contributed by atoms with Crippen LogP contribution in [0.2, 0.25) is 0 Å². The molecule has 25 heavy (non-hydrogen) atoms. The highest BCUT2D eigenvalue weighted by molar-refractivity contribution is 5.78. The Labute approximate surface area is 152 Å². The van der Waals surface area contributed by atoms with Crippen LogP contribution in [0, 0.1) is 13.8 Å². The molecular weight excluding hydrogens is 304 g/mol. The number of hydrogen-bond donors (Lipinski definition) is 0. The molecular formula is C23H31N2+. The molecule has 2 nitrogen and oxygen atoms in total. The Bertz CT molecular complexity index is 937. The maximum Gasteiger partial charge on any atom is 0.290 e. The smallest absolute Gasteiger partial charge is 0.226 e. The number of nitrogens with zero attached hydrogens (tertiary/aromatic N) is 2. The van der Waals surface area contributed by atoms with Gasteiger partial charge in [0.1, 0.15) is 5.54 Å². The van der Waals surface area contributed by atoms with Gasteiger partial charge in [-0.25, -0.2) is 9.13 Å². The van der Waals surface area contributed by atoms with Crippen molar-refractivity contribution in [2.75, 3.05) is 0 Å². The van der Waals surface area contributed by atoms with Gasteiger partial charge in [0.25, 0.3) is 5.82 Å². The van der Waals surface area contributed by atoms with Crippen molar-refractivity contribution in [1.29, 1.82) is 0 Å². The molecule has 0 bridgehead atoms. The van der Waals surface area contributed by atoms with Crippen LogP contribution in [0.3, 0.4) is 0 Å². The third-order valence-electron chi connectivity index (χ3n) is 5.10. The number of imidazole rings is 1. The summed E-state index contributed by atoms with van der Waals surface area (Å²) in [6, 6.07) is 13.7. The summed E-state index contributed by atoms with van der Waals surface area (Å²) in [7, 11) is 2.20. The lowest BCUT2D eigenvalue weighted by Crippen LogP contribution is -2.51. The standard InChI is InChI=1S/C23H31N2/c1-15(2)18-11-12-20-21(14-18)24(8)22(25(20)23(5,6)7)19-13-16(3)9-10-17(19)4/h9-15H,1-8H3/q+1. The molecule has 132 valence electrons. The first-order valence-corrected chi connectivity index (χ1v) is 9.23. The Hall–Kier alpha value is -2.09. The molecule has 0 aliphatic heterocycles. The SMILES string of the molecule is Cc1ccc(C)c(-c2n(C)c3cc(C(C)C)ccc3[n+]2C(C)(C)C)c1. The second-order valence-corrected chi connectivity index (χ2v) is 8.61. The zero-order chi connectivity index (χ0) is 18.5. The summed E-state index contributed by atoms with van der Waals surface area (Å²) < 4.78 is 4.86. The molecule has 0 amide bonds. The van der Waals surface area contributed by atoms with Gasteiger partial charge < -0.3 is 0 Å². The van der Waals surface area contributed by atoms with Crippen molar-refractivity contribution in [2.45, 2.75) is 59.9 Å². The molecule has 1 aromatic heterocycles. The Morgan fingerprint density at radius 1 is 0.960 bits per heavy atom. The largest absolute Gasteiger partial charge is 0.290 e. The first-order valence-electron chi connectivity index (χ1n) is 9.23. The molecule has 0 fully saturated rings. The van der Waals surface area contributed by atoms with E-state index in [-0.39, 0.29) is 5.54 Å². The summed E-state index contributed by atoms with van der Waals surface area (Å²) in [5, 5.41) is 0. The van der Waals surface area contributed by atoms with Crippen molar-refractivity contribution < 1.29 is 4.57 Å². The highest BCUT2D eigenvalue weighted by Gasteiger charge is 2.33. The first kappa shape index (κ1) is 17.7. The van der Waals surface area contributed by atoms with Crippen LogP contribution < -0.4 is 4.57 Å². The van der Waals surface area contributed by atoms with Gasteiger partial charge in [0, 0.05) is 0 Å². The lowest BCUT2D eigenvalue weighted by Gasteiger charge is -2.19. The summed E-state index contributed by atoms with van der Waals surface area (Å²) in [5.74, 6) is 1.82. The summed E-state index contributed by atoms with van der Waals surface area (Å²) in [4.78, 5) is 0. The molecule has 1 heterocycles. The van der Waals surface area contributed by atoms with Gasteiger partial charge in [0.15, 0.2) is 11.0 Å². The number of fused-ring (bicyclic) bond motifs is 1. The van der Waals surface area contributed by atoms with Gasteiger partial charge in [-0.3, -0.25) is 0 Å². The molecule has 0 saturated heterocycles. The minimum atomic E-state index is 0.00434. The van der Waals surface area contributed by atoms with Crippen LogP contribution in [0.25, 0.3) is 22.4 Å². The molecule has 2 heteroatoms. The van der Waals surface area contributed by atoms with Gasteiger partial charge in [-0.05, 0) is 69.9 Å². The maximum absolute atomic E-state index is 2.49. The summed E-state index contributed by atoms with van der Waals surface area (Å²) in [6.07, 6.45) is 0. The van der Waals surface area contributed by atoms with Gasteiger partial charge in [-0.15, -0.1) is 0 Å². The van der Waals surface area contributed by atoms with Crippen molar-refractivity contribution in [1.82, 2.24) is 4.57 Å². The molecule has 0 N–H and O–H groups in total. The molecule has 0 atom stereocenters. The third kappa shape index (κ3) is 2.99. The van der Waals surface area contributed by atoms with E-state index in [2.05, 4.69) is 101 Å². The van der Waals surface area contributed by atoms with E-state index in [1.165, 1.54) is 39.1 Å². The number of hydrogen-bond acceptors (Lipinski definition) is 0. The van der Waals surface area contributed by atoms with Gasteiger partial charge in [0.2, 0.25) is 0 Å². The number of rotatable bonds is 2. The fraction of sp³-hybridized carbons (Fsp3) is 0.435. The van der Waals surface area contributed by atoms with E-state index in [1.807, 2.05) is 0 Å². The van der Waals surface area contributed by atoms with Gasteiger partial charge >= 0.3 is 0 Å². The maximum atomic E-state index is 2.49. The first-order chi connectivity index (χ1) is 11.6. The van der Waals surface area contributed by atoms with Crippen LogP contribution in [-0.2, 0) is 12.6 Å². The van der Waals surface area contributed by atoms with Crippen LogP contribution in [0.4, 0.5) is 0 Å². The number of aromatic nitrogens is 2. The quantitative estimate of drug-likeness (QED) is 0.537. The Kier molecular flexibility index (Phi) is 4.26. The Morgan fingerprint density at radius 2 is 1.64 bits per heavy atom. The Morgan fingerprint density at radius 3 is 2.24 bits per heavy atom. The highest BCUT2D eigenvalue weighted by atomic mass is 15.2. The summed E-state index contributed by atoms with van der Waals surface area (Å²) >= 11 is 0. The monoisotopic (exact) mass is 335 g/mol. The molecule has 3 aromatic rings. The fourth-order valence-corrected chi connectivity index (χ4v) is 3.69. The van der Waals surface area contributed by atoms with E-state index in [0.29, 0.717) is 5.92 Å². The Balaban J connectivity index is 2.45. The van der Waals surface area contributed by atoms with E-state index in [0.717, 1.165) is 0 Å². The van der Waals surface area contributed by atoms with Crippen LogP contribution in [-0.4, -0.2) is 4.57 Å². The minimum Gasteiger partial charge on any atom is -0.226 e. The number of benzene rings is 2. The van der Waals surface area contributed by atoms with Crippen molar-refractivity contribution >= 4 is 11.0 Å². The van der Waals surface area contributed by atoms with Gasteiger partial charge in [-0.2, -0.15) is 0 Å². The summed E-state index contributed by atoms with van der Waals surface area (Å²) in [6.45, 7) is 15.8. The van der Waals surface area contributed by atoms with Crippen LogP contribution in [0.1, 0.15) is 57.2 Å². The predicted octanol–water partition coefficient (Wildman–Crippen LogP) is 5.63. The van der Waals surface area contributed by atoms with Crippen molar-refractivity contribution in [3.05, 3.63) is 53.1 Å². The normalized spacial score (nSPS) is 12.4. The zero-order valence-corrected chi connectivity index (χ0v) is 16.9. The lowest BCUT2D eigenvalue weighted by atomic mass is 10.0. The second kappa shape index (κ2) is 6.01. The van der Waals surface area contributed by atoms with Crippen molar-refractivity contribution in [3.8, 4) is 11.4 Å². The number of aryl methyl sites for hydroxylation is 3. The van der Waals surface area contributed by atoms with Crippen molar-refractivity contribution in [3.63, 3.8) is 0 Å². The van der Waals surface area contributed by atoms with E-state index < -0.39 is 0 Å². The average Bonchev–Trinajstić information content (AvgIpc) is 2.82. The topological polar surface area (TPSA) is 8.81 Å². The lowest BCUT2D eigenvalue weighted by molar-refractivity contribution is -0.721. The van der Waals surface area contributed by atoms with E-state index in [1.54, 1.807) is 0 Å². The molecule has 0 saturated carbocycles. The summed E-state index contributed by atoms with van der Waals surface area (Å²) in [5.41, 5.74) is 7.94. The van der Waals surface area contributed by atoms with Gasteiger partial charge in [0.05, 0.1) is 12.6 Å². The van der Waals surface area contributed by atoms with E-state index >= 15 is 0 Å². The van der Waals surface area contributed by atoms with Crippen LogP contribution in [0.5, 0.6) is 0 Å². The molecule has 0 spiro atoms. The zero-order valence-electron chi connectivity index (χ0n) is 16.9. The molecule has 0 aliphatic rings. The molecule has 3 rings (SSSR count). The van der Waals surface area contributed by atoms with Crippen LogP contribution in [0.15, 0.2) is 36.4 Å². The van der Waals surface area contributed by atoms with E-state index in [9.17, 15) is 0 Å².